The van der Waals surface area contributed by atoms with Crippen LogP contribution in [0.5, 0.6) is 0 Å². The Hall–Kier alpha value is -0.970. The Bertz CT molecular complexity index is 701. The number of nitrogens with one attached hydrogen (secondary N) is 1. The van der Waals surface area contributed by atoms with E-state index >= 15 is 0 Å². The Labute approximate surface area is 157 Å². The first kappa shape index (κ1) is 17.8. The standard InChI is InChI=1S/C18H21Cl2N3S/c1-12-22-17-8-3-2-5-13(17)18(23-12)21-9-10-24-11-14-15(19)6-4-7-16(14)20/h4,6-7H,2-3,5,8-11H2,1H3,(H,21,22,23). The molecular formula is C18H21Cl2N3S. The molecule has 3 nitrogen and oxygen atoms in total. The Kier molecular flexibility index (Phi) is 6.25. The molecule has 24 heavy (non-hydrogen) atoms. The second-order valence-electron chi connectivity index (χ2n) is 5.93. The van der Waals surface area contributed by atoms with Crippen LogP contribution in [0.25, 0.3) is 0 Å². The van der Waals surface area contributed by atoms with Gasteiger partial charge < -0.3 is 5.32 Å². The van der Waals surface area contributed by atoms with Gasteiger partial charge in [0.2, 0.25) is 0 Å². The number of halogens is 2. The highest BCUT2D eigenvalue weighted by Gasteiger charge is 2.16. The zero-order chi connectivity index (χ0) is 16.9. The van der Waals surface area contributed by atoms with Crippen molar-refractivity contribution in [3.05, 3.63) is 50.9 Å². The predicted octanol–water partition coefficient (Wildman–Crippen LogP) is 5.32. The van der Waals surface area contributed by atoms with Gasteiger partial charge in [0.05, 0.1) is 0 Å². The van der Waals surface area contributed by atoms with Crippen molar-refractivity contribution in [1.82, 2.24) is 9.97 Å². The molecule has 0 aliphatic heterocycles. The first-order valence-corrected chi connectivity index (χ1v) is 10.2. The summed E-state index contributed by atoms with van der Waals surface area (Å²) in [6, 6.07) is 5.65. The maximum absolute atomic E-state index is 6.20. The van der Waals surface area contributed by atoms with E-state index in [-0.39, 0.29) is 0 Å². The van der Waals surface area contributed by atoms with E-state index in [9.17, 15) is 0 Å². The van der Waals surface area contributed by atoms with Crippen LogP contribution in [0.15, 0.2) is 18.2 Å². The number of benzene rings is 1. The van der Waals surface area contributed by atoms with Crippen molar-refractivity contribution < 1.29 is 0 Å². The van der Waals surface area contributed by atoms with Crippen LogP contribution in [-0.2, 0) is 18.6 Å². The second-order valence-corrected chi connectivity index (χ2v) is 7.85. The second kappa shape index (κ2) is 8.41. The van der Waals surface area contributed by atoms with Gasteiger partial charge in [-0.05, 0) is 50.3 Å². The zero-order valence-corrected chi connectivity index (χ0v) is 16.1. The molecule has 0 unspecified atom stereocenters. The van der Waals surface area contributed by atoms with E-state index < -0.39 is 0 Å². The van der Waals surface area contributed by atoms with Gasteiger partial charge in [-0.1, -0.05) is 29.3 Å². The van der Waals surface area contributed by atoms with Gasteiger partial charge >= 0.3 is 0 Å². The summed E-state index contributed by atoms with van der Waals surface area (Å²) < 4.78 is 0. The number of hydrogen-bond donors (Lipinski definition) is 1. The molecule has 1 aliphatic carbocycles. The molecule has 0 fully saturated rings. The van der Waals surface area contributed by atoms with Crippen LogP contribution >= 0.6 is 35.0 Å². The van der Waals surface area contributed by atoms with E-state index in [4.69, 9.17) is 23.2 Å². The maximum Gasteiger partial charge on any atom is 0.133 e. The highest BCUT2D eigenvalue weighted by Crippen LogP contribution is 2.28. The van der Waals surface area contributed by atoms with Crippen molar-refractivity contribution in [2.75, 3.05) is 17.6 Å². The van der Waals surface area contributed by atoms with Crippen molar-refractivity contribution in [1.29, 1.82) is 0 Å². The lowest BCUT2D eigenvalue weighted by atomic mass is 9.96. The molecule has 1 aromatic carbocycles. The molecule has 128 valence electrons. The smallest absolute Gasteiger partial charge is 0.133 e. The fourth-order valence-electron chi connectivity index (χ4n) is 2.95. The minimum Gasteiger partial charge on any atom is -0.369 e. The van der Waals surface area contributed by atoms with Gasteiger partial charge in [-0.15, -0.1) is 0 Å². The molecule has 0 atom stereocenters. The molecule has 6 heteroatoms. The lowest BCUT2D eigenvalue weighted by Crippen LogP contribution is -2.15. The third kappa shape index (κ3) is 4.35. The number of aryl methyl sites for hydroxylation is 2. The Balaban J connectivity index is 1.53. The topological polar surface area (TPSA) is 37.8 Å². The first-order valence-electron chi connectivity index (χ1n) is 8.26. The molecule has 0 radical (unpaired) electrons. The average molecular weight is 382 g/mol. The van der Waals surface area contributed by atoms with Crippen LogP contribution < -0.4 is 5.32 Å². The molecule has 0 saturated carbocycles. The Morgan fingerprint density at radius 3 is 2.67 bits per heavy atom. The summed E-state index contributed by atoms with van der Waals surface area (Å²) in [5.41, 5.74) is 3.55. The van der Waals surface area contributed by atoms with Gasteiger partial charge in [0, 0.05) is 39.4 Å². The first-order chi connectivity index (χ1) is 11.6. The number of anilines is 1. The zero-order valence-electron chi connectivity index (χ0n) is 13.7. The van der Waals surface area contributed by atoms with Gasteiger partial charge in [-0.3, -0.25) is 0 Å². The van der Waals surface area contributed by atoms with Crippen LogP contribution in [0, 0.1) is 6.92 Å². The highest BCUT2D eigenvalue weighted by molar-refractivity contribution is 7.98. The lowest BCUT2D eigenvalue weighted by Gasteiger charge is -2.19. The number of nitrogens with zero attached hydrogens (tertiary/aromatic N) is 2. The third-order valence-corrected chi connectivity index (χ3v) is 5.84. The number of fused-ring (bicyclic) bond motifs is 1. The minimum absolute atomic E-state index is 0.739. The monoisotopic (exact) mass is 381 g/mol. The van der Waals surface area contributed by atoms with E-state index in [0.717, 1.165) is 58.1 Å². The predicted molar refractivity (Wildman–Crippen MR) is 105 cm³/mol. The summed E-state index contributed by atoms with van der Waals surface area (Å²) >= 11 is 14.2. The van der Waals surface area contributed by atoms with Crippen molar-refractivity contribution >= 4 is 40.8 Å². The normalized spacial score (nSPS) is 13.6. The Morgan fingerprint density at radius 2 is 1.88 bits per heavy atom. The number of aromatic nitrogens is 2. The van der Waals surface area contributed by atoms with E-state index in [1.54, 1.807) is 0 Å². The van der Waals surface area contributed by atoms with E-state index in [1.807, 2.05) is 36.9 Å². The van der Waals surface area contributed by atoms with Crippen molar-refractivity contribution in [2.45, 2.75) is 38.4 Å². The lowest BCUT2D eigenvalue weighted by molar-refractivity contribution is 0.659. The van der Waals surface area contributed by atoms with E-state index in [2.05, 4.69) is 15.3 Å². The SMILES string of the molecule is Cc1nc2c(c(NCCSCc3c(Cl)cccc3Cl)n1)CCCC2. The molecular weight excluding hydrogens is 361 g/mol. The molecule has 1 aromatic heterocycles. The number of rotatable bonds is 6. The van der Waals surface area contributed by atoms with E-state index in [0.29, 0.717) is 0 Å². The summed E-state index contributed by atoms with van der Waals surface area (Å²) in [5.74, 6) is 3.67. The maximum atomic E-state index is 6.20. The molecule has 1 heterocycles. The minimum atomic E-state index is 0.739. The van der Waals surface area contributed by atoms with Gasteiger partial charge in [0.25, 0.3) is 0 Å². The largest absolute Gasteiger partial charge is 0.369 e. The van der Waals surface area contributed by atoms with Gasteiger partial charge in [0.1, 0.15) is 11.6 Å². The average Bonchev–Trinajstić information content (AvgIpc) is 2.56. The third-order valence-electron chi connectivity index (χ3n) is 4.14. The summed E-state index contributed by atoms with van der Waals surface area (Å²) in [4.78, 5) is 9.19. The van der Waals surface area contributed by atoms with Crippen LogP contribution in [0.1, 0.15) is 35.5 Å². The number of thioether (sulfide) groups is 1. The Morgan fingerprint density at radius 1 is 1.12 bits per heavy atom. The summed E-state index contributed by atoms with van der Waals surface area (Å²) in [6.45, 7) is 2.84. The molecule has 0 amide bonds. The molecule has 0 spiro atoms. The van der Waals surface area contributed by atoms with E-state index in [1.165, 1.54) is 24.1 Å². The molecule has 0 saturated heterocycles. The fourth-order valence-corrected chi connectivity index (χ4v) is 4.55. The van der Waals surface area contributed by atoms with Crippen LogP contribution in [0.2, 0.25) is 10.0 Å². The fraction of sp³-hybridized carbons (Fsp3) is 0.444. The molecule has 2 aromatic rings. The van der Waals surface area contributed by atoms with Crippen LogP contribution in [0.3, 0.4) is 0 Å². The summed E-state index contributed by atoms with van der Waals surface area (Å²) in [6.07, 6.45) is 4.62. The van der Waals surface area contributed by atoms with Crippen molar-refractivity contribution in [3.63, 3.8) is 0 Å². The van der Waals surface area contributed by atoms with Gasteiger partial charge in [-0.25, -0.2) is 9.97 Å². The molecule has 0 bridgehead atoms. The van der Waals surface area contributed by atoms with Crippen LogP contribution in [-0.4, -0.2) is 22.3 Å². The quantitative estimate of drug-likeness (QED) is 0.687. The summed E-state index contributed by atoms with van der Waals surface area (Å²) in [7, 11) is 0. The van der Waals surface area contributed by atoms with Crippen molar-refractivity contribution in [3.8, 4) is 0 Å². The summed E-state index contributed by atoms with van der Waals surface area (Å²) in [5, 5.41) is 4.97. The van der Waals surface area contributed by atoms with Crippen molar-refractivity contribution in [2.24, 2.45) is 0 Å². The van der Waals surface area contributed by atoms with Gasteiger partial charge in [0.15, 0.2) is 0 Å². The van der Waals surface area contributed by atoms with Gasteiger partial charge in [-0.2, -0.15) is 11.8 Å². The molecule has 3 rings (SSSR count). The molecule has 1 aliphatic rings. The number of hydrogen-bond acceptors (Lipinski definition) is 4. The molecule has 1 N–H and O–H groups in total. The highest BCUT2D eigenvalue weighted by atomic mass is 35.5. The van der Waals surface area contributed by atoms with Crippen LogP contribution in [0.4, 0.5) is 5.82 Å².